The van der Waals surface area contributed by atoms with Gasteiger partial charge < -0.3 is 5.11 Å². The molecule has 2 aromatic rings. The van der Waals surface area contributed by atoms with Gasteiger partial charge in [-0.25, -0.2) is 8.42 Å². The number of nitriles is 1. The maximum atomic E-state index is 12.5. The van der Waals surface area contributed by atoms with Gasteiger partial charge in [0, 0.05) is 24.8 Å². The van der Waals surface area contributed by atoms with E-state index in [1.165, 1.54) is 16.6 Å². The van der Waals surface area contributed by atoms with Gasteiger partial charge in [0.15, 0.2) is 0 Å². The van der Waals surface area contributed by atoms with E-state index >= 15 is 0 Å². The molecule has 1 N–H and O–H groups in total. The Balaban J connectivity index is 1.85. The van der Waals surface area contributed by atoms with Crippen molar-refractivity contribution in [3.05, 3.63) is 48.2 Å². The van der Waals surface area contributed by atoms with E-state index in [4.69, 9.17) is 5.26 Å². The minimum Gasteiger partial charge on any atom is -0.392 e. The van der Waals surface area contributed by atoms with Gasteiger partial charge >= 0.3 is 0 Å². The Bertz CT molecular complexity index is 840. The van der Waals surface area contributed by atoms with Crippen LogP contribution < -0.4 is 0 Å². The first kappa shape index (κ1) is 15.6. The molecule has 3 rings (SSSR count). The zero-order chi connectivity index (χ0) is 16.4. The lowest BCUT2D eigenvalue weighted by molar-refractivity contribution is 0.189. The number of hydrogen-bond donors (Lipinski definition) is 1. The monoisotopic (exact) mass is 329 g/mol. The minimum absolute atomic E-state index is 0.115. The van der Waals surface area contributed by atoms with Crippen molar-refractivity contribution >= 4 is 10.0 Å². The molecule has 1 saturated heterocycles. The fourth-order valence-corrected chi connectivity index (χ4v) is 3.94. The van der Waals surface area contributed by atoms with Gasteiger partial charge in [0.1, 0.15) is 4.90 Å². The molecule has 0 bridgehead atoms. The van der Waals surface area contributed by atoms with Gasteiger partial charge in [-0.05, 0) is 30.7 Å². The van der Waals surface area contributed by atoms with Crippen LogP contribution in [0.1, 0.15) is 12.0 Å². The lowest BCUT2D eigenvalue weighted by Gasteiger charge is -2.15. The highest BCUT2D eigenvalue weighted by Crippen LogP contribution is 2.23. The first-order chi connectivity index (χ1) is 11.0. The van der Waals surface area contributed by atoms with E-state index in [0.717, 1.165) is 5.56 Å². The third-order valence-electron chi connectivity index (χ3n) is 3.81. The lowest BCUT2D eigenvalue weighted by Crippen LogP contribution is -2.29. The van der Waals surface area contributed by atoms with Crippen molar-refractivity contribution in [2.75, 3.05) is 13.1 Å². The van der Waals surface area contributed by atoms with Crippen LogP contribution in [0, 0.1) is 11.3 Å². The number of aromatic nitrogens is 1. The maximum absolute atomic E-state index is 12.5. The van der Waals surface area contributed by atoms with Gasteiger partial charge in [-0.1, -0.05) is 12.1 Å². The van der Waals surface area contributed by atoms with Crippen LogP contribution in [0.3, 0.4) is 0 Å². The maximum Gasteiger partial charge on any atom is 0.244 e. The highest BCUT2D eigenvalue weighted by Gasteiger charge is 2.31. The Morgan fingerprint density at radius 1 is 1.22 bits per heavy atom. The smallest absolute Gasteiger partial charge is 0.244 e. The number of benzene rings is 1. The Hall–Kier alpha value is -2.27. The van der Waals surface area contributed by atoms with Crippen LogP contribution in [0.2, 0.25) is 0 Å². The van der Waals surface area contributed by atoms with E-state index < -0.39 is 16.1 Å². The summed E-state index contributed by atoms with van der Waals surface area (Å²) in [5.41, 5.74) is 2.00. The molecular weight excluding hydrogens is 314 g/mol. The number of hydrogen-bond acceptors (Lipinski definition) is 5. The number of β-amino-alcohol motifs (C(OH)–C–C–N with tert-alkyl or cyclic N) is 1. The van der Waals surface area contributed by atoms with Gasteiger partial charge in [-0.2, -0.15) is 9.57 Å². The molecule has 0 radical (unpaired) electrons. The van der Waals surface area contributed by atoms with Crippen LogP contribution >= 0.6 is 0 Å². The zero-order valence-electron chi connectivity index (χ0n) is 12.3. The molecule has 0 aliphatic carbocycles. The van der Waals surface area contributed by atoms with Gasteiger partial charge in [0.25, 0.3) is 0 Å². The predicted molar refractivity (Wildman–Crippen MR) is 83.8 cm³/mol. The number of aliphatic hydroxyl groups excluding tert-OH is 1. The van der Waals surface area contributed by atoms with E-state index in [0.29, 0.717) is 24.2 Å². The molecule has 2 heterocycles. The summed E-state index contributed by atoms with van der Waals surface area (Å²) in [4.78, 5) is 4.32. The molecule has 1 atom stereocenters. The molecule has 1 fully saturated rings. The van der Waals surface area contributed by atoms with Gasteiger partial charge in [0.2, 0.25) is 10.0 Å². The summed E-state index contributed by atoms with van der Waals surface area (Å²) in [5, 5.41) is 18.3. The normalized spacial score (nSPS) is 18.7. The molecular formula is C16H15N3O3S. The minimum atomic E-state index is -3.61. The van der Waals surface area contributed by atoms with Crippen LogP contribution in [-0.4, -0.2) is 42.0 Å². The van der Waals surface area contributed by atoms with E-state index in [-0.39, 0.29) is 11.4 Å². The topological polar surface area (TPSA) is 94.3 Å². The average molecular weight is 329 g/mol. The quantitative estimate of drug-likeness (QED) is 0.918. The average Bonchev–Trinajstić information content (AvgIpc) is 3.02. The Kier molecular flexibility index (Phi) is 4.13. The second kappa shape index (κ2) is 6.08. The first-order valence-electron chi connectivity index (χ1n) is 7.15. The summed E-state index contributed by atoms with van der Waals surface area (Å²) < 4.78 is 26.2. The van der Waals surface area contributed by atoms with Crippen molar-refractivity contribution in [2.45, 2.75) is 17.4 Å². The highest BCUT2D eigenvalue weighted by atomic mass is 32.2. The van der Waals surface area contributed by atoms with Gasteiger partial charge in [0.05, 0.1) is 23.4 Å². The number of nitrogens with zero attached hydrogens (tertiary/aromatic N) is 3. The molecule has 7 heteroatoms. The zero-order valence-corrected chi connectivity index (χ0v) is 13.1. The summed E-state index contributed by atoms with van der Waals surface area (Å²) >= 11 is 0. The molecule has 1 unspecified atom stereocenters. The number of aliphatic hydroxyl groups is 1. The highest BCUT2D eigenvalue weighted by molar-refractivity contribution is 7.89. The van der Waals surface area contributed by atoms with Gasteiger partial charge in [-0.3, -0.25) is 4.98 Å². The molecule has 1 aromatic heterocycles. The largest absolute Gasteiger partial charge is 0.392 e. The van der Waals surface area contributed by atoms with Crippen molar-refractivity contribution in [2.24, 2.45) is 0 Å². The second-order valence-corrected chi connectivity index (χ2v) is 7.31. The number of sulfonamides is 1. The standard InChI is InChI=1S/C16H15N3O3S/c17-9-12-1-3-13(4-2-12)16-6-5-15(10-18-16)23(21,22)19-8-7-14(20)11-19/h1-6,10,14,20H,7-8,11H2. The predicted octanol–water partition coefficient (Wildman–Crippen LogP) is 1.38. The fraction of sp³-hybridized carbons (Fsp3) is 0.250. The lowest BCUT2D eigenvalue weighted by atomic mass is 10.1. The van der Waals surface area contributed by atoms with Crippen LogP contribution in [0.5, 0.6) is 0 Å². The van der Waals surface area contributed by atoms with Crippen LogP contribution in [0.4, 0.5) is 0 Å². The fourth-order valence-electron chi connectivity index (χ4n) is 2.50. The molecule has 23 heavy (non-hydrogen) atoms. The van der Waals surface area contributed by atoms with E-state index in [1.807, 2.05) is 6.07 Å². The van der Waals surface area contributed by atoms with Crippen molar-refractivity contribution in [1.29, 1.82) is 5.26 Å². The molecule has 6 nitrogen and oxygen atoms in total. The molecule has 1 aliphatic heterocycles. The number of rotatable bonds is 3. The van der Waals surface area contributed by atoms with Crippen LogP contribution in [-0.2, 0) is 10.0 Å². The van der Waals surface area contributed by atoms with E-state index in [2.05, 4.69) is 4.98 Å². The van der Waals surface area contributed by atoms with Crippen molar-refractivity contribution in [3.8, 4) is 17.3 Å². The van der Waals surface area contributed by atoms with Crippen molar-refractivity contribution < 1.29 is 13.5 Å². The summed E-state index contributed by atoms with van der Waals surface area (Å²) in [6.45, 7) is 0.445. The molecule has 1 aliphatic rings. The third kappa shape index (κ3) is 3.10. The molecule has 1 aromatic carbocycles. The second-order valence-electron chi connectivity index (χ2n) is 5.37. The van der Waals surface area contributed by atoms with Crippen molar-refractivity contribution in [1.82, 2.24) is 9.29 Å². The Morgan fingerprint density at radius 2 is 1.96 bits per heavy atom. The Labute approximate surface area is 134 Å². The molecule has 118 valence electrons. The Morgan fingerprint density at radius 3 is 2.48 bits per heavy atom. The van der Waals surface area contributed by atoms with Crippen molar-refractivity contribution in [3.63, 3.8) is 0 Å². The first-order valence-corrected chi connectivity index (χ1v) is 8.59. The molecule has 0 spiro atoms. The third-order valence-corrected chi connectivity index (χ3v) is 5.66. The van der Waals surface area contributed by atoms with E-state index in [9.17, 15) is 13.5 Å². The van der Waals surface area contributed by atoms with Crippen LogP contribution in [0.25, 0.3) is 11.3 Å². The summed E-state index contributed by atoms with van der Waals surface area (Å²) in [6.07, 6.45) is 1.18. The summed E-state index contributed by atoms with van der Waals surface area (Å²) in [5.74, 6) is 0. The summed E-state index contributed by atoms with van der Waals surface area (Å²) in [7, 11) is -3.61. The van der Waals surface area contributed by atoms with Crippen LogP contribution in [0.15, 0.2) is 47.5 Å². The number of pyridine rings is 1. The SMILES string of the molecule is N#Cc1ccc(-c2ccc(S(=O)(=O)N3CCC(O)C3)cn2)cc1. The van der Waals surface area contributed by atoms with Gasteiger partial charge in [-0.15, -0.1) is 0 Å². The summed E-state index contributed by atoms with van der Waals surface area (Å²) in [6, 6.07) is 12.1. The molecule has 0 saturated carbocycles. The van der Waals surface area contributed by atoms with E-state index in [1.54, 1.807) is 30.3 Å². The molecule has 0 amide bonds.